The molecule has 0 radical (unpaired) electrons. The number of anilines is 1. The van der Waals surface area contributed by atoms with Gasteiger partial charge in [0.2, 0.25) is 0 Å². The molecule has 0 aliphatic rings. The number of ether oxygens (including phenoxy) is 1. The number of hydrogen-bond donors (Lipinski definition) is 2. The molecule has 0 bridgehead atoms. The molecule has 122 valence electrons. The minimum atomic E-state index is -0.811. The Hall–Kier alpha value is -3.22. The van der Waals surface area contributed by atoms with Crippen LogP contribution >= 0.6 is 11.6 Å². The third kappa shape index (κ3) is 4.91. The molecule has 2 rings (SSSR count). The van der Waals surface area contributed by atoms with Crippen molar-refractivity contribution in [2.24, 2.45) is 5.10 Å². The number of nitrogens with zero attached hydrogens (tertiary/aromatic N) is 3. The highest BCUT2D eigenvalue weighted by atomic mass is 35.5. The first-order chi connectivity index (χ1) is 11.6. The number of esters is 1. The predicted octanol–water partition coefficient (Wildman–Crippen LogP) is 1.61. The number of hydrogen-bond acceptors (Lipinski definition) is 7. The number of carbonyl (C=O) groups is 2. The number of amides is 1. The van der Waals surface area contributed by atoms with Crippen LogP contribution in [0.3, 0.4) is 0 Å². The van der Waals surface area contributed by atoms with E-state index in [-0.39, 0.29) is 11.4 Å². The summed E-state index contributed by atoms with van der Waals surface area (Å²) in [5.41, 5.74) is 3.01. The zero-order chi connectivity index (χ0) is 17.4. The fourth-order valence-electron chi connectivity index (χ4n) is 1.49. The van der Waals surface area contributed by atoms with Crippen LogP contribution in [-0.2, 0) is 9.53 Å². The van der Waals surface area contributed by atoms with Crippen LogP contribution in [0.25, 0.3) is 0 Å². The molecule has 0 spiro atoms. The molecule has 1 aromatic carbocycles. The molecule has 2 N–H and O–H groups in total. The first kappa shape index (κ1) is 17.1. The number of carbonyl (C=O) groups excluding carboxylic acids is 2. The summed E-state index contributed by atoms with van der Waals surface area (Å²) in [6.07, 6.45) is 4.03. The molecule has 1 amide bonds. The summed E-state index contributed by atoms with van der Waals surface area (Å²) in [6, 6.07) is 6.70. The highest BCUT2D eigenvalue weighted by Gasteiger charge is 2.15. The van der Waals surface area contributed by atoms with Crippen molar-refractivity contribution in [3.8, 4) is 0 Å². The fourth-order valence-corrected chi connectivity index (χ4v) is 1.62. The van der Waals surface area contributed by atoms with E-state index in [1.54, 1.807) is 24.3 Å². The van der Waals surface area contributed by atoms with E-state index in [1.165, 1.54) is 25.7 Å². The molecule has 9 heteroatoms. The van der Waals surface area contributed by atoms with Gasteiger partial charge in [0.25, 0.3) is 5.91 Å². The van der Waals surface area contributed by atoms with E-state index in [2.05, 4.69) is 36.4 Å². The number of aromatic nitrogens is 2. The van der Waals surface area contributed by atoms with Crippen molar-refractivity contribution in [2.75, 3.05) is 12.5 Å². The maximum Gasteiger partial charge on any atom is 0.364 e. The molecule has 1 aromatic heterocycles. The van der Waals surface area contributed by atoms with Crippen molar-refractivity contribution < 1.29 is 14.3 Å². The summed E-state index contributed by atoms with van der Waals surface area (Å²) in [7, 11) is 1.17. The molecule has 0 aliphatic heterocycles. The van der Waals surface area contributed by atoms with Crippen molar-refractivity contribution in [3.63, 3.8) is 0 Å². The largest absolute Gasteiger partial charge is 0.464 e. The SMILES string of the molecule is COC(=O)C(=C=NNc1ccc(Cl)cc1)NC(=O)c1cnccn1. The van der Waals surface area contributed by atoms with Crippen molar-refractivity contribution >= 4 is 35.0 Å². The van der Waals surface area contributed by atoms with Gasteiger partial charge < -0.3 is 10.1 Å². The van der Waals surface area contributed by atoms with Gasteiger partial charge in [-0.15, -0.1) is 5.10 Å². The monoisotopic (exact) mass is 345 g/mol. The maximum absolute atomic E-state index is 12.0. The highest BCUT2D eigenvalue weighted by molar-refractivity contribution is 6.30. The Bertz CT molecular complexity index is 787. The van der Waals surface area contributed by atoms with Crippen LogP contribution in [-0.4, -0.2) is 34.8 Å². The van der Waals surface area contributed by atoms with E-state index in [9.17, 15) is 9.59 Å². The average Bonchev–Trinajstić information content (AvgIpc) is 2.62. The van der Waals surface area contributed by atoms with Gasteiger partial charge in [0.15, 0.2) is 5.70 Å². The molecule has 0 fully saturated rings. The lowest BCUT2D eigenvalue weighted by molar-refractivity contribution is -0.136. The smallest absolute Gasteiger partial charge is 0.364 e. The zero-order valence-corrected chi connectivity index (χ0v) is 13.2. The van der Waals surface area contributed by atoms with Gasteiger partial charge in [-0.3, -0.25) is 15.2 Å². The van der Waals surface area contributed by atoms with Crippen LogP contribution in [0.2, 0.25) is 5.02 Å². The van der Waals surface area contributed by atoms with Crippen LogP contribution in [0, 0.1) is 0 Å². The van der Waals surface area contributed by atoms with Gasteiger partial charge in [0.1, 0.15) is 5.69 Å². The lowest BCUT2D eigenvalue weighted by Gasteiger charge is -2.04. The van der Waals surface area contributed by atoms with Crippen LogP contribution in [0.4, 0.5) is 5.69 Å². The van der Waals surface area contributed by atoms with Crippen molar-refractivity contribution in [1.82, 2.24) is 15.3 Å². The topological polar surface area (TPSA) is 106 Å². The third-order valence-corrected chi connectivity index (χ3v) is 2.87. The Morgan fingerprint density at radius 3 is 2.62 bits per heavy atom. The van der Waals surface area contributed by atoms with Crippen molar-refractivity contribution in [2.45, 2.75) is 0 Å². The molecule has 0 unspecified atom stereocenters. The van der Waals surface area contributed by atoms with E-state index >= 15 is 0 Å². The van der Waals surface area contributed by atoms with E-state index in [0.29, 0.717) is 10.7 Å². The lowest BCUT2D eigenvalue weighted by Crippen LogP contribution is -2.29. The van der Waals surface area contributed by atoms with Crippen LogP contribution in [0.5, 0.6) is 0 Å². The van der Waals surface area contributed by atoms with Gasteiger partial charge in [-0.25, -0.2) is 9.78 Å². The van der Waals surface area contributed by atoms with Gasteiger partial charge in [-0.1, -0.05) is 11.6 Å². The van der Waals surface area contributed by atoms with Crippen molar-refractivity contribution in [1.29, 1.82) is 0 Å². The summed E-state index contributed by atoms with van der Waals surface area (Å²) in [6.45, 7) is 0. The molecule has 24 heavy (non-hydrogen) atoms. The van der Waals surface area contributed by atoms with Gasteiger partial charge in [0, 0.05) is 23.3 Å². The Morgan fingerprint density at radius 2 is 2.00 bits per heavy atom. The minimum Gasteiger partial charge on any atom is -0.464 e. The first-order valence-electron chi connectivity index (χ1n) is 6.60. The molecule has 1 heterocycles. The van der Waals surface area contributed by atoms with Crippen LogP contribution in [0.15, 0.2) is 53.7 Å². The van der Waals surface area contributed by atoms with Gasteiger partial charge in [0.05, 0.1) is 19.0 Å². The number of nitrogens with one attached hydrogen (secondary N) is 2. The Balaban J connectivity index is 2.15. The number of benzene rings is 1. The molecule has 8 nitrogen and oxygen atoms in total. The molecule has 2 aromatic rings. The van der Waals surface area contributed by atoms with E-state index < -0.39 is 11.9 Å². The van der Waals surface area contributed by atoms with Crippen LogP contribution < -0.4 is 10.7 Å². The Kier molecular flexibility index (Phi) is 6.01. The molecule has 0 atom stereocenters. The summed E-state index contributed by atoms with van der Waals surface area (Å²) in [4.78, 5) is 31.3. The summed E-state index contributed by atoms with van der Waals surface area (Å²) in [5.74, 6) is 0.925. The first-order valence-corrected chi connectivity index (χ1v) is 6.98. The average molecular weight is 346 g/mol. The summed E-state index contributed by atoms with van der Waals surface area (Å²) >= 11 is 5.77. The predicted molar refractivity (Wildman–Crippen MR) is 87.5 cm³/mol. The number of halogens is 1. The normalized spacial score (nSPS) is 9.42. The van der Waals surface area contributed by atoms with Gasteiger partial charge >= 0.3 is 5.97 Å². The van der Waals surface area contributed by atoms with Gasteiger partial charge in [-0.2, -0.15) is 0 Å². The Labute approximate surface area is 142 Å². The van der Waals surface area contributed by atoms with E-state index in [4.69, 9.17) is 11.6 Å². The minimum absolute atomic E-state index is 0.0337. The summed E-state index contributed by atoms with van der Waals surface area (Å²) in [5, 5.41) is 6.65. The second-order valence-electron chi connectivity index (χ2n) is 4.25. The number of hydrazone groups is 1. The Morgan fingerprint density at radius 1 is 1.25 bits per heavy atom. The highest BCUT2D eigenvalue weighted by Crippen LogP contribution is 2.12. The fraction of sp³-hybridized carbons (Fsp3) is 0.0667. The quantitative estimate of drug-likeness (QED) is 0.369. The maximum atomic E-state index is 12.0. The van der Waals surface area contributed by atoms with E-state index in [1.807, 2.05) is 0 Å². The van der Waals surface area contributed by atoms with Crippen molar-refractivity contribution in [3.05, 3.63) is 59.3 Å². The standard InChI is InChI=1S/C15H12ClN5O3/c1-24-15(23)13(20-14(22)12-8-17-6-7-18-12)9-19-21-11-4-2-10(16)3-5-11/h2-8,21H,1H3,(H,20,22). The summed E-state index contributed by atoms with van der Waals surface area (Å²) < 4.78 is 4.57. The second kappa shape index (κ2) is 8.42. The number of rotatable bonds is 5. The molecular formula is C15H12ClN5O3. The zero-order valence-electron chi connectivity index (χ0n) is 12.5. The third-order valence-electron chi connectivity index (χ3n) is 2.62. The number of methoxy groups -OCH3 is 1. The van der Waals surface area contributed by atoms with Crippen LogP contribution in [0.1, 0.15) is 10.5 Å². The van der Waals surface area contributed by atoms with Gasteiger partial charge in [-0.05, 0) is 24.3 Å². The molecule has 0 aliphatic carbocycles. The lowest BCUT2D eigenvalue weighted by atomic mass is 10.3. The molecule has 0 saturated carbocycles. The second-order valence-corrected chi connectivity index (χ2v) is 4.69. The molecule has 0 saturated heterocycles. The molecular weight excluding hydrogens is 334 g/mol. The van der Waals surface area contributed by atoms with E-state index in [0.717, 1.165) is 0 Å².